The van der Waals surface area contributed by atoms with Crippen LogP contribution in [0.2, 0.25) is 0 Å². The van der Waals surface area contributed by atoms with Crippen LogP contribution < -0.4 is 5.73 Å². The van der Waals surface area contributed by atoms with Gasteiger partial charge in [-0.3, -0.25) is 4.79 Å². The summed E-state index contributed by atoms with van der Waals surface area (Å²) in [5, 5.41) is 4.17. The summed E-state index contributed by atoms with van der Waals surface area (Å²) in [7, 11) is 0. The molecule has 0 saturated heterocycles. The van der Waals surface area contributed by atoms with E-state index >= 15 is 0 Å². The van der Waals surface area contributed by atoms with Crippen molar-refractivity contribution in [3.63, 3.8) is 0 Å². The minimum atomic E-state index is -0.584. The van der Waals surface area contributed by atoms with Gasteiger partial charge in [-0.1, -0.05) is 32.9 Å². The van der Waals surface area contributed by atoms with Gasteiger partial charge in [0.05, 0.1) is 11.3 Å². The summed E-state index contributed by atoms with van der Waals surface area (Å²) < 4.78 is 14.6. The summed E-state index contributed by atoms with van der Waals surface area (Å²) >= 11 is 0. The Labute approximate surface area is 111 Å². The number of nitrogens with two attached hydrogens (primary N) is 1. The minimum absolute atomic E-state index is 0.0437. The van der Waals surface area contributed by atoms with E-state index in [1.807, 2.05) is 20.8 Å². The van der Waals surface area contributed by atoms with Crippen molar-refractivity contribution in [2.24, 2.45) is 0 Å². The molecule has 2 rings (SSSR count). The zero-order valence-electron chi connectivity index (χ0n) is 11.1. The van der Waals surface area contributed by atoms with Gasteiger partial charge in [-0.2, -0.15) is 9.78 Å². The molecule has 0 spiro atoms. The molecule has 0 aliphatic rings. The third-order valence-electron chi connectivity index (χ3n) is 2.80. The number of aromatic nitrogens is 2. The quantitative estimate of drug-likeness (QED) is 0.858. The number of rotatable bonds is 1. The van der Waals surface area contributed by atoms with Crippen molar-refractivity contribution in [1.29, 1.82) is 0 Å². The van der Waals surface area contributed by atoms with Crippen LogP contribution >= 0.6 is 0 Å². The van der Waals surface area contributed by atoms with E-state index in [9.17, 15) is 9.18 Å². The van der Waals surface area contributed by atoms with Crippen molar-refractivity contribution in [1.82, 2.24) is 9.78 Å². The van der Waals surface area contributed by atoms with Crippen LogP contribution in [-0.4, -0.2) is 15.7 Å². The molecule has 1 heterocycles. The van der Waals surface area contributed by atoms with Crippen LogP contribution in [0, 0.1) is 5.82 Å². The average Bonchev–Trinajstić information content (AvgIpc) is 2.71. The molecule has 0 aliphatic heterocycles. The topological polar surface area (TPSA) is 60.9 Å². The van der Waals surface area contributed by atoms with Crippen molar-refractivity contribution in [3.05, 3.63) is 47.4 Å². The first-order valence-corrected chi connectivity index (χ1v) is 5.96. The van der Waals surface area contributed by atoms with Crippen LogP contribution in [0.1, 0.15) is 36.8 Å². The second-order valence-electron chi connectivity index (χ2n) is 5.40. The first-order valence-electron chi connectivity index (χ1n) is 5.96. The van der Waals surface area contributed by atoms with Gasteiger partial charge in [0.2, 0.25) is 0 Å². The lowest BCUT2D eigenvalue weighted by Gasteiger charge is -2.13. The number of halogens is 1. The second-order valence-corrected chi connectivity index (χ2v) is 5.40. The number of nitrogens with zero attached hydrogens (tertiary/aromatic N) is 2. The molecule has 1 aromatic carbocycles. The molecule has 0 bridgehead atoms. The zero-order chi connectivity index (χ0) is 14.2. The molecule has 0 radical (unpaired) electrons. The van der Waals surface area contributed by atoms with Crippen molar-refractivity contribution in [3.8, 4) is 0 Å². The number of carbonyl (C=O) groups is 1. The Morgan fingerprint density at radius 3 is 2.47 bits per heavy atom. The zero-order valence-corrected chi connectivity index (χ0v) is 11.1. The molecular formula is C14H16FN3O. The summed E-state index contributed by atoms with van der Waals surface area (Å²) in [5.74, 6) is -0.941. The van der Waals surface area contributed by atoms with Crippen molar-refractivity contribution >= 4 is 11.7 Å². The number of benzene rings is 1. The first-order chi connectivity index (χ1) is 8.80. The number of carbonyl (C=O) groups excluding carboxylic acids is 1. The van der Waals surface area contributed by atoms with Gasteiger partial charge in [0, 0.05) is 11.5 Å². The highest BCUT2D eigenvalue weighted by Crippen LogP contribution is 2.23. The molecular weight excluding hydrogens is 245 g/mol. The van der Waals surface area contributed by atoms with Crippen molar-refractivity contribution < 1.29 is 9.18 Å². The number of nitrogen functional groups attached to an aromatic ring is 1. The predicted molar refractivity (Wildman–Crippen MR) is 71.5 cm³/mol. The highest BCUT2D eigenvalue weighted by atomic mass is 19.1. The van der Waals surface area contributed by atoms with Crippen molar-refractivity contribution in [2.75, 3.05) is 5.73 Å². The fraction of sp³-hybridized carbons (Fsp3) is 0.286. The Bertz CT molecular complexity index is 626. The third-order valence-corrected chi connectivity index (χ3v) is 2.80. The number of hydrogen-bond acceptors (Lipinski definition) is 3. The van der Waals surface area contributed by atoms with E-state index in [0.717, 1.165) is 4.68 Å². The normalized spacial score (nSPS) is 11.6. The van der Waals surface area contributed by atoms with E-state index in [4.69, 9.17) is 5.73 Å². The SMILES string of the molecule is CC(C)(C)c1cc(N)n(C(=O)c2ccccc2F)n1. The molecule has 4 nitrogen and oxygen atoms in total. The van der Waals surface area contributed by atoms with E-state index in [1.165, 1.54) is 18.2 Å². The fourth-order valence-electron chi connectivity index (χ4n) is 1.67. The van der Waals surface area contributed by atoms with Gasteiger partial charge in [-0.05, 0) is 12.1 Å². The fourth-order valence-corrected chi connectivity index (χ4v) is 1.67. The van der Waals surface area contributed by atoms with Crippen molar-refractivity contribution in [2.45, 2.75) is 26.2 Å². The van der Waals surface area contributed by atoms with Crippen LogP contribution in [-0.2, 0) is 5.41 Å². The standard InChI is InChI=1S/C14H16FN3O/c1-14(2,3)11-8-12(16)18(17-11)13(19)9-6-4-5-7-10(9)15/h4-8H,16H2,1-3H3. The van der Waals surface area contributed by atoms with Gasteiger partial charge < -0.3 is 5.73 Å². The van der Waals surface area contributed by atoms with Gasteiger partial charge in [0.1, 0.15) is 11.6 Å². The smallest absolute Gasteiger partial charge is 0.283 e. The lowest BCUT2D eigenvalue weighted by atomic mass is 9.92. The van der Waals surface area contributed by atoms with Crippen LogP contribution in [0.3, 0.4) is 0 Å². The maximum absolute atomic E-state index is 13.6. The second kappa shape index (κ2) is 4.50. The maximum Gasteiger partial charge on any atom is 0.283 e. The molecule has 1 aromatic heterocycles. The Balaban J connectivity index is 2.46. The van der Waals surface area contributed by atoms with Gasteiger partial charge >= 0.3 is 0 Å². The molecule has 0 unspecified atom stereocenters. The largest absolute Gasteiger partial charge is 0.383 e. The summed E-state index contributed by atoms with van der Waals surface area (Å²) in [5.41, 5.74) is 6.20. The van der Waals surface area contributed by atoms with E-state index in [1.54, 1.807) is 12.1 Å². The summed E-state index contributed by atoms with van der Waals surface area (Å²) in [4.78, 5) is 12.2. The van der Waals surface area contributed by atoms with Crippen LogP contribution in [0.15, 0.2) is 30.3 Å². The Morgan fingerprint density at radius 1 is 1.32 bits per heavy atom. The Kier molecular flexibility index (Phi) is 3.14. The van der Waals surface area contributed by atoms with Gasteiger partial charge in [0.15, 0.2) is 0 Å². The van der Waals surface area contributed by atoms with Gasteiger partial charge in [0.25, 0.3) is 5.91 Å². The molecule has 5 heteroatoms. The van der Waals surface area contributed by atoms with Gasteiger partial charge in [-0.15, -0.1) is 0 Å². The average molecular weight is 261 g/mol. The molecule has 0 aliphatic carbocycles. The highest BCUT2D eigenvalue weighted by Gasteiger charge is 2.23. The van der Waals surface area contributed by atoms with Crippen LogP contribution in [0.25, 0.3) is 0 Å². The highest BCUT2D eigenvalue weighted by molar-refractivity contribution is 5.97. The third kappa shape index (κ3) is 2.50. The monoisotopic (exact) mass is 261 g/mol. The molecule has 100 valence electrons. The Morgan fingerprint density at radius 2 is 1.95 bits per heavy atom. The van der Waals surface area contributed by atoms with E-state index in [2.05, 4.69) is 5.10 Å². The van der Waals surface area contributed by atoms with E-state index < -0.39 is 11.7 Å². The molecule has 2 aromatic rings. The lowest BCUT2D eigenvalue weighted by Crippen LogP contribution is -2.19. The minimum Gasteiger partial charge on any atom is -0.383 e. The number of anilines is 1. The summed E-state index contributed by atoms with van der Waals surface area (Å²) in [6.07, 6.45) is 0. The Hall–Kier alpha value is -2.17. The number of hydrogen-bond donors (Lipinski definition) is 1. The van der Waals surface area contributed by atoms with E-state index in [-0.39, 0.29) is 16.8 Å². The van der Waals surface area contributed by atoms with Gasteiger partial charge in [-0.25, -0.2) is 4.39 Å². The summed E-state index contributed by atoms with van der Waals surface area (Å²) in [6.45, 7) is 5.89. The molecule has 0 fully saturated rings. The van der Waals surface area contributed by atoms with Crippen LogP contribution in [0.4, 0.5) is 10.2 Å². The summed E-state index contributed by atoms with van der Waals surface area (Å²) in [6, 6.07) is 7.41. The van der Waals surface area contributed by atoms with Crippen LogP contribution in [0.5, 0.6) is 0 Å². The van der Waals surface area contributed by atoms with E-state index in [0.29, 0.717) is 5.69 Å². The predicted octanol–water partition coefficient (Wildman–Crippen LogP) is 2.59. The first kappa shape index (κ1) is 13.3. The maximum atomic E-state index is 13.6. The molecule has 19 heavy (non-hydrogen) atoms. The molecule has 0 saturated carbocycles. The lowest BCUT2D eigenvalue weighted by molar-refractivity contribution is 0.0943. The molecule has 2 N–H and O–H groups in total. The molecule has 0 amide bonds. The molecule has 0 atom stereocenters.